The first kappa shape index (κ1) is 15.3. The van der Waals surface area contributed by atoms with Gasteiger partial charge >= 0.3 is 11.9 Å². The molecule has 3 N–H and O–H groups in total. The van der Waals surface area contributed by atoms with Gasteiger partial charge in [-0.2, -0.15) is 0 Å². The maximum absolute atomic E-state index is 10.5. The average Bonchev–Trinajstić information content (AvgIpc) is 2.16. The number of aliphatic carboxylic acids is 1. The van der Waals surface area contributed by atoms with E-state index in [4.69, 9.17) is 15.3 Å². The fraction of sp³-hybridized carbons (Fsp3) is 0.750. The Morgan fingerprint density at radius 2 is 1.64 bits per heavy atom. The van der Waals surface area contributed by atoms with Crippen LogP contribution in [0.4, 0.5) is 0 Å². The van der Waals surface area contributed by atoms with Gasteiger partial charge in [0.25, 0.3) is 0 Å². The van der Waals surface area contributed by atoms with E-state index < -0.39 is 11.9 Å². The number of hydrogen-bond donors (Lipinski definition) is 3. The average molecular weight is 208 g/mol. The lowest BCUT2D eigenvalue weighted by Crippen LogP contribution is -2.06. The highest BCUT2D eigenvalue weighted by Crippen LogP contribution is 1.91. The van der Waals surface area contributed by atoms with Crippen molar-refractivity contribution in [3.05, 3.63) is 0 Å². The zero-order valence-corrected chi connectivity index (χ0v) is 8.10. The molecule has 0 heterocycles. The fourth-order valence-electron chi connectivity index (χ4n) is 0.442. The van der Waals surface area contributed by atoms with Crippen molar-refractivity contribution >= 4 is 11.9 Å². The Bertz CT molecular complexity index is 154. The molecule has 0 spiro atoms. The van der Waals surface area contributed by atoms with Crippen molar-refractivity contribution in [3.8, 4) is 0 Å². The van der Waals surface area contributed by atoms with Crippen LogP contribution >= 0.6 is 0 Å². The Hall–Kier alpha value is -1.14. The summed E-state index contributed by atoms with van der Waals surface area (Å²) in [6.07, 6.45) is -0.192. The van der Waals surface area contributed by atoms with Crippen LogP contribution in [-0.4, -0.2) is 47.1 Å². The lowest BCUT2D eigenvalue weighted by atomic mass is 10.3. The molecule has 0 bridgehead atoms. The van der Waals surface area contributed by atoms with Crippen LogP contribution in [0.25, 0.3) is 0 Å². The van der Waals surface area contributed by atoms with Gasteiger partial charge in [-0.25, -0.2) is 0 Å². The van der Waals surface area contributed by atoms with Crippen molar-refractivity contribution in [2.24, 2.45) is 0 Å². The van der Waals surface area contributed by atoms with Crippen molar-refractivity contribution in [2.45, 2.75) is 19.8 Å². The molecule has 0 radical (unpaired) electrons. The molecule has 6 heteroatoms. The highest BCUT2D eigenvalue weighted by atomic mass is 16.5. The monoisotopic (exact) mass is 208 g/mol. The van der Waals surface area contributed by atoms with Gasteiger partial charge in [0.05, 0.1) is 32.7 Å². The van der Waals surface area contributed by atoms with Crippen LogP contribution in [0, 0.1) is 0 Å². The van der Waals surface area contributed by atoms with E-state index in [1.807, 2.05) is 0 Å². The van der Waals surface area contributed by atoms with Crippen LogP contribution in [0.2, 0.25) is 0 Å². The van der Waals surface area contributed by atoms with E-state index in [0.29, 0.717) is 6.61 Å². The fourth-order valence-corrected chi connectivity index (χ4v) is 0.442. The molecule has 14 heavy (non-hydrogen) atoms. The predicted octanol–water partition coefficient (Wildman–Crippen LogP) is -0.615. The molecule has 0 atom stereocenters. The van der Waals surface area contributed by atoms with Crippen LogP contribution in [0.15, 0.2) is 0 Å². The van der Waals surface area contributed by atoms with Gasteiger partial charge in [0.1, 0.15) is 0 Å². The van der Waals surface area contributed by atoms with E-state index in [9.17, 15) is 9.59 Å². The van der Waals surface area contributed by atoms with Gasteiger partial charge in [0.2, 0.25) is 0 Å². The minimum atomic E-state index is -0.979. The summed E-state index contributed by atoms with van der Waals surface area (Å²) in [6.45, 7) is 1.73. The lowest BCUT2D eigenvalue weighted by molar-refractivity contribution is -0.147. The Morgan fingerprint density at radius 3 is 1.93 bits per heavy atom. The number of carbonyl (C=O) groups is 2. The number of ether oxygens (including phenoxy) is 1. The van der Waals surface area contributed by atoms with Gasteiger partial charge in [-0.3, -0.25) is 9.59 Å². The Balaban J connectivity index is 0. The van der Waals surface area contributed by atoms with Gasteiger partial charge < -0.3 is 20.1 Å². The number of aliphatic hydroxyl groups excluding tert-OH is 2. The lowest BCUT2D eigenvalue weighted by Gasteiger charge is -1.97. The molecule has 0 rings (SSSR count). The van der Waals surface area contributed by atoms with Crippen LogP contribution in [-0.2, 0) is 14.3 Å². The van der Waals surface area contributed by atoms with Crippen molar-refractivity contribution in [3.63, 3.8) is 0 Å². The maximum Gasteiger partial charge on any atom is 0.306 e. The topological polar surface area (TPSA) is 104 Å². The van der Waals surface area contributed by atoms with Crippen LogP contribution in [0.1, 0.15) is 19.8 Å². The Morgan fingerprint density at radius 1 is 1.14 bits per heavy atom. The highest BCUT2D eigenvalue weighted by molar-refractivity contribution is 5.76. The molecule has 0 fully saturated rings. The zero-order valence-electron chi connectivity index (χ0n) is 8.10. The molecular weight excluding hydrogens is 192 g/mol. The first-order valence-electron chi connectivity index (χ1n) is 4.17. The molecule has 6 nitrogen and oxygen atoms in total. The van der Waals surface area contributed by atoms with Gasteiger partial charge in [0, 0.05) is 0 Å². The summed E-state index contributed by atoms with van der Waals surface area (Å²) in [5.41, 5.74) is 0. The molecule has 0 amide bonds. The first-order valence-corrected chi connectivity index (χ1v) is 4.17. The van der Waals surface area contributed by atoms with Crippen molar-refractivity contribution in [1.82, 2.24) is 0 Å². The second-order valence-electron chi connectivity index (χ2n) is 2.15. The maximum atomic E-state index is 10.5. The van der Waals surface area contributed by atoms with E-state index in [1.165, 1.54) is 0 Å². The van der Waals surface area contributed by atoms with Crippen LogP contribution in [0.3, 0.4) is 0 Å². The van der Waals surface area contributed by atoms with E-state index in [0.717, 1.165) is 0 Å². The smallest absolute Gasteiger partial charge is 0.306 e. The number of esters is 1. The summed E-state index contributed by atoms with van der Waals surface area (Å²) in [4.78, 5) is 20.4. The number of carboxylic acids is 1. The Labute approximate surface area is 82.1 Å². The normalized spacial score (nSPS) is 8.50. The van der Waals surface area contributed by atoms with E-state index in [1.54, 1.807) is 6.92 Å². The molecule has 0 aliphatic heterocycles. The van der Waals surface area contributed by atoms with Gasteiger partial charge in [-0.15, -0.1) is 0 Å². The van der Waals surface area contributed by atoms with Crippen molar-refractivity contribution in [2.75, 3.05) is 19.8 Å². The quantitative estimate of drug-likeness (QED) is 0.520. The van der Waals surface area contributed by atoms with Gasteiger partial charge in [-0.05, 0) is 6.92 Å². The second-order valence-corrected chi connectivity index (χ2v) is 2.15. The number of rotatable bonds is 5. The third-order valence-corrected chi connectivity index (χ3v) is 0.948. The summed E-state index contributed by atoms with van der Waals surface area (Å²) >= 11 is 0. The number of carbonyl (C=O) groups excluding carboxylic acids is 1. The molecule has 0 saturated carbocycles. The molecule has 0 aromatic carbocycles. The second kappa shape index (κ2) is 11.9. The van der Waals surface area contributed by atoms with Crippen molar-refractivity contribution < 1.29 is 29.6 Å². The highest BCUT2D eigenvalue weighted by Gasteiger charge is 2.04. The van der Waals surface area contributed by atoms with Crippen LogP contribution in [0.5, 0.6) is 0 Å². The summed E-state index contributed by atoms with van der Waals surface area (Å²) in [6, 6.07) is 0. The minimum Gasteiger partial charge on any atom is -0.481 e. The number of hydrogen-bond acceptors (Lipinski definition) is 5. The zero-order chi connectivity index (χ0) is 11.4. The third-order valence-electron chi connectivity index (χ3n) is 0.948. The summed E-state index contributed by atoms with van der Waals surface area (Å²) in [7, 11) is 0. The standard InChI is InChI=1S/C6H10O4.C2H6O2/c1-2-10-6(9)4-3-5(7)8;3-1-2-4/h2-4H2,1H3,(H,7,8);3-4H,1-2H2. The summed E-state index contributed by atoms with van der Waals surface area (Å²) < 4.78 is 4.49. The van der Waals surface area contributed by atoms with Gasteiger partial charge in [0.15, 0.2) is 0 Å². The van der Waals surface area contributed by atoms with Gasteiger partial charge in [-0.1, -0.05) is 0 Å². The summed E-state index contributed by atoms with van der Waals surface area (Å²) in [5.74, 6) is -1.43. The summed E-state index contributed by atoms with van der Waals surface area (Å²) in [5, 5.41) is 23.4. The molecular formula is C8H16O6. The third kappa shape index (κ3) is 17.1. The molecule has 0 aliphatic rings. The number of carboxylic acid groups (broad SMARTS) is 1. The minimum absolute atomic E-state index is 0.0385. The molecule has 0 aliphatic carbocycles. The van der Waals surface area contributed by atoms with E-state index in [2.05, 4.69) is 4.74 Å². The van der Waals surface area contributed by atoms with E-state index in [-0.39, 0.29) is 26.1 Å². The molecule has 0 aromatic rings. The number of aliphatic hydroxyl groups is 2. The molecule has 0 unspecified atom stereocenters. The SMILES string of the molecule is CCOC(=O)CCC(=O)O.OCCO. The van der Waals surface area contributed by atoms with Crippen molar-refractivity contribution in [1.29, 1.82) is 0 Å². The molecule has 0 aromatic heterocycles. The van der Waals surface area contributed by atoms with E-state index >= 15 is 0 Å². The molecule has 84 valence electrons. The Kier molecular flexibility index (Phi) is 13.0. The largest absolute Gasteiger partial charge is 0.481 e. The first-order chi connectivity index (χ1) is 6.58. The molecule has 0 saturated heterocycles. The predicted molar refractivity (Wildman–Crippen MR) is 47.7 cm³/mol. The van der Waals surface area contributed by atoms with Crippen LogP contribution < -0.4 is 0 Å².